The Balaban J connectivity index is 0.000000720. The van der Waals surface area contributed by atoms with Crippen molar-refractivity contribution in [3.05, 3.63) is 0 Å². The third kappa shape index (κ3) is 1.14. The topological polar surface area (TPSA) is 12.0 Å². The first kappa shape index (κ1) is 10.2. The Bertz CT molecular complexity index is 186. The van der Waals surface area contributed by atoms with E-state index in [9.17, 15) is 8.78 Å². The zero-order valence-electron chi connectivity index (χ0n) is 7.07. The average Bonchev–Trinajstić information content (AvgIpc) is 2.45. The van der Waals surface area contributed by atoms with Crippen molar-refractivity contribution in [3.8, 4) is 0 Å². The molecule has 1 nitrogen and oxygen atoms in total. The lowest BCUT2D eigenvalue weighted by atomic mass is 9.84. The molecule has 1 saturated heterocycles. The van der Waals surface area contributed by atoms with E-state index in [4.69, 9.17) is 0 Å². The molecule has 12 heavy (non-hydrogen) atoms. The lowest BCUT2D eigenvalue weighted by Gasteiger charge is -2.29. The molecule has 2 rings (SSSR count). The molecule has 72 valence electrons. The van der Waals surface area contributed by atoms with Gasteiger partial charge in [-0.15, -0.1) is 12.4 Å². The Morgan fingerprint density at radius 2 is 2.00 bits per heavy atom. The molecule has 2 fully saturated rings. The third-order valence-corrected chi connectivity index (χ3v) is 3.28. The molecule has 0 aromatic heterocycles. The minimum atomic E-state index is -2.35. The quantitative estimate of drug-likeness (QED) is 0.627. The summed E-state index contributed by atoms with van der Waals surface area (Å²) in [5.41, 5.74) is -0.613. The average molecular weight is 198 g/mol. The van der Waals surface area contributed by atoms with Crippen LogP contribution in [0.5, 0.6) is 0 Å². The number of hydrogen-bond donors (Lipinski definition) is 1. The second-order valence-electron chi connectivity index (χ2n) is 3.89. The third-order valence-electron chi connectivity index (χ3n) is 3.28. The van der Waals surface area contributed by atoms with E-state index in [2.05, 4.69) is 5.32 Å². The molecule has 0 bridgehead atoms. The smallest absolute Gasteiger partial charge is 0.255 e. The van der Waals surface area contributed by atoms with Crippen molar-refractivity contribution >= 4 is 12.4 Å². The molecule has 1 aliphatic carbocycles. The Kier molecular flexibility index (Phi) is 2.39. The van der Waals surface area contributed by atoms with E-state index >= 15 is 0 Å². The van der Waals surface area contributed by atoms with Gasteiger partial charge in [-0.3, -0.25) is 0 Å². The minimum Gasteiger partial charge on any atom is -0.316 e. The summed E-state index contributed by atoms with van der Waals surface area (Å²) >= 11 is 0. The molecule has 0 aromatic rings. The number of hydrogen-bond acceptors (Lipinski definition) is 1. The van der Waals surface area contributed by atoms with Crippen molar-refractivity contribution in [1.82, 2.24) is 5.32 Å². The van der Waals surface area contributed by atoms with Gasteiger partial charge in [0.2, 0.25) is 0 Å². The molecule has 1 aliphatic heterocycles. The van der Waals surface area contributed by atoms with Crippen LogP contribution in [0.4, 0.5) is 8.78 Å². The largest absolute Gasteiger partial charge is 0.316 e. The van der Waals surface area contributed by atoms with Gasteiger partial charge in [-0.05, 0) is 25.4 Å². The van der Waals surface area contributed by atoms with Crippen LogP contribution < -0.4 is 5.32 Å². The first-order chi connectivity index (χ1) is 5.08. The summed E-state index contributed by atoms with van der Waals surface area (Å²) in [4.78, 5) is 0. The Morgan fingerprint density at radius 3 is 2.33 bits per heavy atom. The summed E-state index contributed by atoms with van der Waals surface area (Å²) < 4.78 is 25.8. The Hall–Kier alpha value is 0.110. The van der Waals surface area contributed by atoms with Crippen LogP contribution in [0.1, 0.15) is 19.8 Å². The summed E-state index contributed by atoms with van der Waals surface area (Å²) in [5.74, 6) is -2.21. The fourth-order valence-corrected chi connectivity index (χ4v) is 2.23. The molecule has 2 unspecified atom stereocenters. The van der Waals surface area contributed by atoms with Crippen molar-refractivity contribution in [3.63, 3.8) is 0 Å². The molecule has 1 heterocycles. The zero-order valence-corrected chi connectivity index (χ0v) is 7.89. The zero-order chi connectivity index (χ0) is 8.11. The number of alkyl halides is 2. The summed E-state index contributed by atoms with van der Waals surface area (Å²) in [7, 11) is 0. The van der Waals surface area contributed by atoms with Crippen molar-refractivity contribution in [2.75, 3.05) is 13.1 Å². The maximum absolute atomic E-state index is 12.9. The maximum Gasteiger partial charge on any atom is 0.255 e. The van der Waals surface area contributed by atoms with Crippen LogP contribution in [-0.2, 0) is 0 Å². The van der Waals surface area contributed by atoms with Gasteiger partial charge in [0.05, 0.1) is 0 Å². The lowest BCUT2D eigenvalue weighted by Crippen LogP contribution is -2.39. The normalized spacial score (nSPS) is 43.8. The van der Waals surface area contributed by atoms with Crippen molar-refractivity contribution < 1.29 is 8.78 Å². The minimum absolute atomic E-state index is 0. The highest BCUT2D eigenvalue weighted by atomic mass is 35.5. The second-order valence-corrected chi connectivity index (χ2v) is 3.89. The highest BCUT2D eigenvalue weighted by molar-refractivity contribution is 5.85. The number of nitrogens with one attached hydrogen (secondary N) is 1. The molecule has 1 N–H and O–H groups in total. The van der Waals surface area contributed by atoms with Crippen LogP contribution in [0, 0.1) is 11.3 Å². The fraction of sp³-hybridized carbons (Fsp3) is 1.00. The van der Waals surface area contributed by atoms with Gasteiger partial charge in [0.25, 0.3) is 5.92 Å². The van der Waals surface area contributed by atoms with Gasteiger partial charge in [-0.1, -0.05) is 6.92 Å². The first-order valence-corrected chi connectivity index (χ1v) is 4.17. The molecule has 0 amide bonds. The monoisotopic (exact) mass is 197 g/mol. The van der Waals surface area contributed by atoms with Crippen molar-refractivity contribution in [2.45, 2.75) is 25.7 Å². The van der Waals surface area contributed by atoms with Gasteiger partial charge < -0.3 is 5.32 Å². The molecular formula is C8H14ClF2N. The van der Waals surface area contributed by atoms with E-state index in [-0.39, 0.29) is 24.7 Å². The SMILES string of the molecule is CC1CNCCC12CC2(F)F.Cl. The maximum atomic E-state index is 12.9. The van der Waals surface area contributed by atoms with Gasteiger partial charge in [-0.25, -0.2) is 8.78 Å². The van der Waals surface area contributed by atoms with Crippen LogP contribution in [0.3, 0.4) is 0 Å². The van der Waals surface area contributed by atoms with Crippen molar-refractivity contribution in [2.24, 2.45) is 11.3 Å². The molecular weight excluding hydrogens is 184 g/mol. The van der Waals surface area contributed by atoms with Crippen molar-refractivity contribution in [1.29, 1.82) is 0 Å². The summed E-state index contributed by atoms with van der Waals surface area (Å²) in [5, 5.41) is 3.13. The van der Waals surface area contributed by atoms with E-state index in [0.717, 1.165) is 13.1 Å². The van der Waals surface area contributed by atoms with Crippen LogP contribution in [0.2, 0.25) is 0 Å². The first-order valence-electron chi connectivity index (χ1n) is 4.17. The molecule has 0 aromatic carbocycles. The Morgan fingerprint density at radius 1 is 1.42 bits per heavy atom. The van der Waals surface area contributed by atoms with Gasteiger partial charge in [0.1, 0.15) is 0 Å². The van der Waals surface area contributed by atoms with Crippen LogP contribution in [-0.4, -0.2) is 19.0 Å². The lowest BCUT2D eigenvalue weighted by molar-refractivity contribution is 0.0285. The van der Waals surface area contributed by atoms with E-state index in [0.29, 0.717) is 6.42 Å². The van der Waals surface area contributed by atoms with E-state index in [1.54, 1.807) is 0 Å². The molecule has 4 heteroatoms. The van der Waals surface area contributed by atoms with Gasteiger partial charge in [0.15, 0.2) is 0 Å². The molecule has 0 radical (unpaired) electrons. The number of piperidine rings is 1. The van der Waals surface area contributed by atoms with Crippen LogP contribution in [0.25, 0.3) is 0 Å². The molecule has 1 spiro atoms. The predicted octanol–water partition coefficient (Wildman–Crippen LogP) is 2.06. The van der Waals surface area contributed by atoms with Crippen LogP contribution in [0.15, 0.2) is 0 Å². The molecule has 2 atom stereocenters. The highest BCUT2D eigenvalue weighted by Crippen LogP contribution is 2.67. The standard InChI is InChI=1S/C8H13F2N.ClH/c1-6-4-11-3-2-7(6)5-8(7,9)10;/h6,11H,2-5H2,1H3;1H. The van der Waals surface area contributed by atoms with Gasteiger partial charge in [-0.2, -0.15) is 0 Å². The van der Waals surface area contributed by atoms with E-state index in [1.165, 1.54) is 0 Å². The predicted molar refractivity (Wildman–Crippen MR) is 45.9 cm³/mol. The van der Waals surface area contributed by atoms with Crippen LogP contribution >= 0.6 is 12.4 Å². The summed E-state index contributed by atoms with van der Waals surface area (Å²) in [6.45, 7) is 3.45. The molecule has 2 aliphatic rings. The number of halogens is 3. The van der Waals surface area contributed by atoms with Gasteiger partial charge in [0, 0.05) is 11.8 Å². The van der Waals surface area contributed by atoms with E-state index < -0.39 is 11.3 Å². The fourth-order valence-electron chi connectivity index (χ4n) is 2.23. The summed E-state index contributed by atoms with van der Waals surface area (Å²) in [6, 6.07) is 0. The Labute approximate surface area is 77.3 Å². The van der Waals surface area contributed by atoms with Gasteiger partial charge >= 0.3 is 0 Å². The van der Waals surface area contributed by atoms with E-state index in [1.807, 2.05) is 6.92 Å². The molecule has 1 saturated carbocycles. The highest BCUT2D eigenvalue weighted by Gasteiger charge is 2.72. The second kappa shape index (κ2) is 2.81. The number of rotatable bonds is 0. The summed E-state index contributed by atoms with van der Waals surface area (Å²) in [6.07, 6.45) is 0.782.